The van der Waals surface area contributed by atoms with Gasteiger partial charge in [-0.25, -0.2) is 0 Å². The summed E-state index contributed by atoms with van der Waals surface area (Å²) in [6, 6.07) is 7.57. The van der Waals surface area contributed by atoms with Crippen molar-refractivity contribution >= 4 is 22.6 Å². The summed E-state index contributed by atoms with van der Waals surface area (Å²) in [5.74, 6) is 1.39. The lowest BCUT2D eigenvalue weighted by Gasteiger charge is -2.18. The van der Waals surface area contributed by atoms with Crippen LogP contribution in [0.1, 0.15) is 13.8 Å². The van der Waals surface area contributed by atoms with E-state index in [1.807, 2.05) is 12.1 Å². The van der Waals surface area contributed by atoms with E-state index in [4.69, 9.17) is 14.7 Å². The number of benzene rings is 1. The Kier molecular flexibility index (Phi) is 3.80. The molecule has 0 saturated heterocycles. The molecule has 0 atom stereocenters. The van der Waals surface area contributed by atoms with Crippen LogP contribution in [0.3, 0.4) is 0 Å². The van der Waals surface area contributed by atoms with E-state index in [9.17, 15) is 0 Å². The Balaban J connectivity index is 2.94. The summed E-state index contributed by atoms with van der Waals surface area (Å²) in [7, 11) is 1.61. The number of methoxy groups -OCH3 is 1. The Morgan fingerprint density at radius 3 is 2.60 bits per heavy atom. The van der Waals surface area contributed by atoms with Crippen LogP contribution >= 0.6 is 22.6 Å². The van der Waals surface area contributed by atoms with Crippen molar-refractivity contribution in [3.05, 3.63) is 21.8 Å². The van der Waals surface area contributed by atoms with Gasteiger partial charge in [-0.05, 0) is 48.6 Å². The molecule has 0 aliphatic rings. The van der Waals surface area contributed by atoms with Crippen LogP contribution in [-0.2, 0) is 0 Å². The van der Waals surface area contributed by atoms with Crippen LogP contribution in [0, 0.1) is 14.9 Å². The van der Waals surface area contributed by atoms with Gasteiger partial charge in [-0.1, -0.05) is 0 Å². The maximum absolute atomic E-state index is 8.83. The van der Waals surface area contributed by atoms with Gasteiger partial charge in [-0.3, -0.25) is 0 Å². The predicted octanol–water partition coefficient (Wildman–Crippen LogP) is 2.98. The first-order chi connectivity index (χ1) is 6.98. The third-order valence-electron chi connectivity index (χ3n) is 1.76. The van der Waals surface area contributed by atoms with Crippen LogP contribution in [0.2, 0.25) is 0 Å². The molecule has 1 rings (SSSR count). The molecule has 3 nitrogen and oxygen atoms in total. The van der Waals surface area contributed by atoms with E-state index in [2.05, 4.69) is 28.7 Å². The van der Waals surface area contributed by atoms with Gasteiger partial charge in [0, 0.05) is 6.07 Å². The molecule has 0 amide bonds. The molecule has 0 fully saturated rings. The first-order valence-corrected chi connectivity index (χ1v) is 5.50. The van der Waals surface area contributed by atoms with Crippen molar-refractivity contribution in [2.45, 2.75) is 19.4 Å². The van der Waals surface area contributed by atoms with Crippen LogP contribution < -0.4 is 9.47 Å². The van der Waals surface area contributed by atoms with Crippen LogP contribution in [0.5, 0.6) is 11.5 Å². The number of ether oxygens (including phenoxy) is 2. The predicted molar refractivity (Wildman–Crippen MR) is 66.0 cm³/mol. The third-order valence-corrected chi connectivity index (χ3v) is 2.66. The average Bonchev–Trinajstić information content (AvgIpc) is 2.20. The molecule has 0 spiro atoms. The standard InChI is InChI=1S/C11H12INO2/c1-11(2,7-13)15-8-4-5-9(12)10(6-8)14-3/h4-6H,1-3H3. The largest absolute Gasteiger partial charge is 0.496 e. The third kappa shape index (κ3) is 3.27. The van der Waals surface area contributed by atoms with Crippen molar-refractivity contribution in [1.29, 1.82) is 5.26 Å². The summed E-state index contributed by atoms with van der Waals surface area (Å²) in [6.07, 6.45) is 0. The first-order valence-electron chi connectivity index (χ1n) is 4.42. The second-order valence-electron chi connectivity index (χ2n) is 3.52. The molecule has 0 saturated carbocycles. The van der Waals surface area contributed by atoms with Crippen molar-refractivity contribution in [1.82, 2.24) is 0 Å². The van der Waals surface area contributed by atoms with Gasteiger partial charge in [-0.2, -0.15) is 5.26 Å². The highest BCUT2D eigenvalue weighted by Gasteiger charge is 2.18. The van der Waals surface area contributed by atoms with E-state index in [0.29, 0.717) is 5.75 Å². The van der Waals surface area contributed by atoms with Crippen LogP contribution in [0.4, 0.5) is 0 Å². The fraction of sp³-hybridized carbons (Fsp3) is 0.364. The summed E-state index contributed by atoms with van der Waals surface area (Å²) < 4.78 is 11.7. The Morgan fingerprint density at radius 2 is 2.07 bits per heavy atom. The average molecular weight is 317 g/mol. The van der Waals surface area contributed by atoms with Gasteiger partial charge in [0.1, 0.15) is 17.6 Å². The number of nitriles is 1. The number of halogens is 1. The number of hydrogen-bond donors (Lipinski definition) is 0. The molecular formula is C11H12INO2. The van der Waals surface area contributed by atoms with E-state index in [1.54, 1.807) is 27.0 Å². The fourth-order valence-electron chi connectivity index (χ4n) is 1.02. The Bertz CT molecular complexity index is 396. The minimum absolute atomic E-state index is 0.638. The van der Waals surface area contributed by atoms with Crippen molar-refractivity contribution in [3.63, 3.8) is 0 Å². The van der Waals surface area contributed by atoms with Crippen LogP contribution in [0.15, 0.2) is 18.2 Å². The molecule has 1 aromatic rings. The van der Waals surface area contributed by atoms with Gasteiger partial charge in [0.25, 0.3) is 0 Å². The molecule has 0 aliphatic carbocycles. The van der Waals surface area contributed by atoms with E-state index < -0.39 is 5.60 Å². The maximum Gasteiger partial charge on any atom is 0.188 e. The van der Waals surface area contributed by atoms with Gasteiger partial charge in [0.2, 0.25) is 0 Å². The normalized spacial score (nSPS) is 10.6. The van der Waals surface area contributed by atoms with Crippen molar-refractivity contribution in [2.24, 2.45) is 0 Å². The lowest BCUT2D eigenvalue weighted by molar-refractivity contribution is 0.169. The molecule has 80 valence electrons. The smallest absolute Gasteiger partial charge is 0.188 e. The lowest BCUT2D eigenvalue weighted by atomic mass is 10.2. The molecular weight excluding hydrogens is 305 g/mol. The monoisotopic (exact) mass is 317 g/mol. The summed E-state index contributed by atoms with van der Waals surface area (Å²) >= 11 is 2.18. The molecule has 1 aromatic carbocycles. The molecule has 4 heteroatoms. The van der Waals surface area contributed by atoms with Gasteiger partial charge in [0.05, 0.1) is 10.7 Å². The van der Waals surface area contributed by atoms with Crippen molar-refractivity contribution < 1.29 is 9.47 Å². The summed E-state index contributed by atoms with van der Waals surface area (Å²) in [5.41, 5.74) is -0.822. The molecule has 0 radical (unpaired) electrons. The Hall–Kier alpha value is -0.960. The summed E-state index contributed by atoms with van der Waals surface area (Å²) in [4.78, 5) is 0. The quantitative estimate of drug-likeness (QED) is 0.805. The van der Waals surface area contributed by atoms with E-state index >= 15 is 0 Å². The van der Waals surface area contributed by atoms with E-state index in [1.165, 1.54) is 0 Å². The van der Waals surface area contributed by atoms with Gasteiger partial charge >= 0.3 is 0 Å². The number of nitrogens with zero attached hydrogens (tertiary/aromatic N) is 1. The molecule has 0 aromatic heterocycles. The highest BCUT2D eigenvalue weighted by atomic mass is 127. The SMILES string of the molecule is COc1cc(OC(C)(C)C#N)ccc1I. The molecule has 0 heterocycles. The van der Waals surface area contributed by atoms with Gasteiger partial charge < -0.3 is 9.47 Å². The molecule has 0 bridgehead atoms. The first kappa shape index (κ1) is 12.1. The topological polar surface area (TPSA) is 42.2 Å². The van der Waals surface area contributed by atoms with Gasteiger partial charge in [0.15, 0.2) is 5.60 Å². The second-order valence-corrected chi connectivity index (χ2v) is 4.68. The highest BCUT2D eigenvalue weighted by Crippen LogP contribution is 2.27. The minimum Gasteiger partial charge on any atom is -0.496 e. The molecule has 0 N–H and O–H groups in total. The van der Waals surface area contributed by atoms with E-state index in [-0.39, 0.29) is 0 Å². The van der Waals surface area contributed by atoms with E-state index in [0.717, 1.165) is 9.32 Å². The zero-order valence-electron chi connectivity index (χ0n) is 8.87. The van der Waals surface area contributed by atoms with Crippen LogP contribution in [0.25, 0.3) is 0 Å². The molecule has 0 unspecified atom stereocenters. The number of rotatable bonds is 3. The number of hydrogen-bond acceptors (Lipinski definition) is 3. The Morgan fingerprint density at radius 1 is 1.40 bits per heavy atom. The minimum atomic E-state index is -0.822. The zero-order valence-corrected chi connectivity index (χ0v) is 11.0. The summed E-state index contributed by atoms with van der Waals surface area (Å²) in [5, 5.41) is 8.83. The van der Waals surface area contributed by atoms with Crippen LogP contribution in [-0.4, -0.2) is 12.7 Å². The summed E-state index contributed by atoms with van der Waals surface area (Å²) in [6.45, 7) is 3.44. The Labute approximate surface area is 103 Å². The lowest BCUT2D eigenvalue weighted by Crippen LogP contribution is -2.25. The fourth-order valence-corrected chi connectivity index (χ4v) is 1.58. The highest BCUT2D eigenvalue weighted by molar-refractivity contribution is 14.1. The van der Waals surface area contributed by atoms with Crippen molar-refractivity contribution in [3.8, 4) is 17.6 Å². The molecule has 0 aliphatic heterocycles. The maximum atomic E-state index is 8.83. The van der Waals surface area contributed by atoms with Crippen molar-refractivity contribution in [2.75, 3.05) is 7.11 Å². The molecule has 15 heavy (non-hydrogen) atoms. The van der Waals surface area contributed by atoms with Gasteiger partial charge in [-0.15, -0.1) is 0 Å². The second kappa shape index (κ2) is 4.71. The zero-order chi connectivity index (χ0) is 11.5.